The average Bonchev–Trinajstić information content (AvgIpc) is 2.72. The molecule has 0 atom stereocenters. The minimum atomic E-state index is -0.00559. The summed E-state index contributed by atoms with van der Waals surface area (Å²) in [6.07, 6.45) is 13.0. The van der Waals surface area contributed by atoms with Gasteiger partial charge in [0, 0.05) is 10.5 Å². The van der Waals surface area contributed by atoms with Crippen LogP contribution in [0.2, 0.25) is 0 Å². The van der Waals surface area contributed by atoms with E-state index in [2.05, 4.69) is 25.3 Å². The quantitative estimate of drug-likeness (QED) is 0.170. The summed E-state index contributed by atoms with van der Waals surface area (Å²) < 4.78 is 5.81. The lowest BCUT2D eigenvalue weighted by molar-refractivity contribution is 0.104. The van der Waals surface area contributed by atoms with E-state index in [0.717, 1.165) is 17.7 Å². The summed E-state index contributed by atoms with van der Waals surface area (Å²) in [5.41, 5.74) is 1.68. The summed E-state index contributed by atoms with van der Waals surface area (Å²) in [6, 6.07) is 15.6. The lowest BCUT2D eigenvalue weighted by Gasteiger charge is -2.07. The van der Waals surface area contributed by atoms with Gasteiger partial charge in [0.25, 0.3) is 0 Å². The Morgan fingerprint density at radius 2 is 1.74 bits per heavy atom. The highest BCUT2D eigenvalue weighted by Gasteiger charge is 2.04. The molecule has 2 aromatic rings. The first-order chi connectivity index (χ1) is 13.2. The Hall–Kier alpha value is -2.00. The van der Waals surface area contributed by atoms with Crippen LogP contribution >= 0.6 is 11.8 Å². The molecular weight excluding hydrogens is 352 g/mol. The number of carbonyl (C=O) groups is 1. The van der Waals surface area contributed by atoms with Gasteiger partial charge in [0.05, 0.1) is 6.61 Å². The van der Waals surface area contributed by atoms with Crippen molar-refractivity contribution in [1.29, 1.82) is 0 Å². The van der Waals surface area contributed by atoms with E-state index >= 15 is 0 Å². The normalized spacial score (nSPS) is 11.0. The van der Waals surface area contributed by atoms with Gasteiger partial charge in [0.2, 0.25) is 0 Å². The zero-order valence-electron chi connectivity index (χ0n) is 16.4. The molecule has 27 heavy (non-hydrogen) atoms. The van der Waals surface area contributed by atoms with Gasteiger partial charge in [-0.2, -0.15) is 0 Å². The van der Waals surface area contributed by atoms with Crippen LogP contribution in [-0.2, 0) is 0 Å². The van der Waals surface area contributed by atoms with Gasteiger partial charge in [-0.25, -0.2) is 0 Å². The van der Waals surface area contributed by atoms with Gasteiger partial charge in [-0.3, -0.25) is 4.79 Å². The number of unbranched alkanes of at least 4 members (excludes halogenated alkanes) is 5. The molecule has 0 unspecified atom stereocenters. The minimum absolute atomic E-state index is 0.00559. The van der Waals surface area contributed by atoms with Crippen molar-refractivity contribution in [3.8, 4) is 5.75 Å². The van der Waals surface area contributed by atoms with Crippen molar-refractivity contribution in [3.63, 3.8) is 0 Å². The molecule has 0 spiro atoms. The highest BCUT2D eigenvalue weighted by Crippen LogP contribution is 2.17. The van der Waals surface area contributed by atoms with Crippen LogP contribution in [-0.4, -0.2) is 18.6 Å². The number of thioether (sulfide) groups is 1. The van der Waals surface area contributed by atoms with Crippen molar-refractivity contribution in [2.45, 2.75) is 50.3 Å². The van der Waals surface area contributed by atoms with Gasteiger partial charge >= 0.3 is 0 Å². The summed E-state index contributed by atoms with van der Waals surface area (Å²) in [5, 5.41) is 0. The second-order valence-corrected chi connectivity index (χ2v) is 7.49. The lowest BCUT2D eigenvalue weighted by Crippen LogP contribution is -1.99. The highest BCUT2D eigenvalue weighted by atomic mass is 32.2. The Morgan fingerprint density at radius 1 is 1.00 bits per heavy atom. The molecule has 0 saturated heterocycles. The van der Waals surface area contributed by atoms with Crippen LogP contribution in [0, 0.1) is 0 Å². The lowest BCUT2D eigenvalue weighted by atomic mass is 10.1. The number of benzene rings is 2. The second-order valence-electron chi connectivity index (χ2n) is 6.61. The summed E-state index contributed by atoms with van der Waals surface area (Å²) in [5.74, 6) is 0.765. The number of allylic oxidation sites excluding steroid dienone is 1. The fourth-order valence-electron chi connectivity index (χ4n) is 2.79. The molecule has 2 nitrogen and oxygen atoms in total. The van der Waals surface area contributed by atoms with E-state index < -0.39 is 0 Å². The third-order valence-electron chi connectivity index (χ3n) is 4.43. The predicted octanol–water partition coefficient (Wildman–Crippen LogP) is 7.04. The number of ketones is 1. The fraction of sp³-hybridized carbons (Fsp3) is 0.375. The zero-order valence-corrected chi connectivity index (χ0v) is 17.3. The molecule has 2 aromatic carbocycles. The first-order valence-electron chi connectivity index (χ1n) is 9.82. The Morgan fingerprint density at radius 3 is 2.48 bits per heavy atom. The summed E-state index contributed by atoms with van der Waals surface area (Å²) >= 11 is 1.71. The van der Waals surface area contributed by atoms with Crippen LogP contribution in [0.4, 0.5) is 0 Å². The molecule has 0 aliphatic carbocycles. The molecule has 2 rings (SSSR count). The van der Waals surface area contributed by atoms with Crippen molar-refractivity contribution < 1.29 is 9.53 Å². The SMILES string of the molecule is CCCCCCCCOc1cccc(C(=O)C=Cc2ccc(SC)cc2)c1. The van der Waals surface area contributed by atoms with E-state index in [1.165, 1.54) is 37.0 Å². The van der Waals surface area contributed by atoms with Gasteiger partial charge in [-0.1, -0.05) is 69.4 Å². The molecule has 0 N–H and O–H groups in total. The Kier molecular flexibility index (Phi) is 9.78. The topological polar surface area (TPSA) is 26.3 Å². The van der Waals surface area contributed by atoms with Crippen LogP contribution < -0.4 is 4.74 Å². The van der Waals surface area contributed by atoms with Crippen molar-refractivity contribution >= 4 is 23.6 Å². The maximum atomic E-state index is 12.4. The van der Waals surface area contributed by atoms with E-state index in [1.807, 2.05) is 42.5 Å². The maximum absolute atomic E-state index is 12.4. The molecule has 0 fully saturated rings. The largest absolute Gasteiger partial charge is 0.494 e. The summed E-state index contributed by atoms with van der Waals surface area (Å²) in [7, 11) is 0. The minimum Gasteiger partial charge on any atom is -0.494 e. The number of rotatable bonds is 12. The standard InChI is InChI=1S/C24H30O2S/c1-3-4-5-6-7-8-18-26-22-11-9-10-21(19-22)24(25)17-14-20-12-15-23(27-2)16-13-20/h9-17,19H,3-8,18H2,1-2H3. The van der Waals surface area contributed by atoms with E-state index in [0.29, 0.717) is 12.2 Å². The smallest absolute Gasteiger partial charge is 0.185 e. The first-order valence-corrected chi connectivity index (χ1v) is 11.0. The molecule has 0 aliphatic heterocycles. The fourth-order valence-corrected chi connectivity index (χ4v) is 3.20. The number of hydrogen-bond acceptors (Lipinski definition) is 3. The van der Waals surface area contributed by atoms with Crippen LogP contribution in [0.15, 0.2) is 59.5 Å². The molecule has 0 amide bonds. The molecule has 3 heteroatoms. The molecule has 0 radical (unpaired) electrons. The van der Waals surface area contributed by atoms with Gasteiger partial charge in [0.15, 0.2) is 5.78 Å². The van der Waals surface area contributed by atoms with E-state index in [4.69, 9.17) is 4.74 Å². The predicted molar refractivity (Wildman–Crippen MR) is 117 cm³/mol. The molecule has 0 aliphatic rings. The summed E-state index contributed by atoms with van der Waals surface area (Å²) in [6.45, 7) is 2.94. The highest BCUT2D eigenvalue weighted by molar-refractivity contribution is 7.98. The van der Waals surface area contributed by atoms with Gasteiger partial charge in [-0.15, -0.1) is 11.8 Å². The van der Waals surface area contributed by atoms with Gasteiger partial charge < -0.3 is 4.74 Å². The number of hydrogen-bond donors (Lipinski definition) is 0. The molecule has 0 saturated carbocycles. The Bertz CT molecular complexity index is 719. The monoisotopic (exact) mass is 382 g/mol. The number of carbonyl (C=O) groups excluding carboxylic acids is 1. The zero-order chi connectivity index (χ0) is 19.3. The van der Waals surface area contributed by atoms with E-state index in [1.54, 1.807) is 17.8 Å². The van der Waals surface area contributed by atoms with Crippen molar-refractivity contribution in [1.82, 2.24) is 0 Å². The average molecular weight is 383 g/mol. The van der Waals surface area contributed by atoms with Gasteiger partial charge in [0.1, 0.15) is 5.75 Å². The third-order valence-corrected chi connectivity index (χ3v) is 5.17. The van der Waals surface area contributed by atoms with Crippen LogP contribution in [0.3, 0.4) is 0 Å². The van der Waals surface area contributed by atoms with Crippen LogP contribution in [0.5, 0.6) is 5.75 Å². The van der Waals surface area contributed by atoms with Crippen LogP contribution in [0.25, 0.3) is 6.08 Å². The Balaban J connectivity index is 1.82. The maximum Gasteiger partial charge on any atom is 0.185 e. The Labute approximate surface area is 168 Å². The molecule has 144 valence electrons. The first kappa shape index (κ1) is 21.3. The summed E-state index contributed by atoms with van der Waals surface area (Å²) in [4.78, 5) is 13.6. The molecular formula is C24H30O2S. The molecule has 0 bridgehead atoms. The van der Waals surface area contributed by atoms with Gasteiger partial charge in [-0.05, 0) is 48.6 Å². The van der Waals surface area contributed by atoms with Crippen molar-refractivity contribution in [2.75, 3.05) is 12.9 Å². The third kappa shape index (κ3) is 8.04. The van der Waals surface area contributed by atoms with Crippen molar-refractivity contribution in [2.24, 2.45) is 0 Å². The molecule has 0 heterocycles. The second kappa shape index (κ2) is 12.4. The van der Waals surface area contributed by atoms with E-state index in [9.17, 15) is 4.79 Å². The number of ether oxygens (including phenoxy) is 1. The van der Waals surface area contributed by atoms with E-state index in [-0.39, 0.29) is 5.78 Å². The van der Waals surface area contributed by atoms with Crippen molar-refractivity contribution in [3.05, 3.63) is 65.7 Å². The van der Waals surface area contributed by atoms with Crippen LogP contribution in [0.1, 0.15) is 61.4 Å². The molecule has 0 aromatic heterocycles.